The van der Waals surface area contributed by atoms with Gasteiger partial charge in [-0.05, 0) is 17.7 Å². The van der Waals surface area contributed by atoms with Crippen molar-refractivity contribution in [3.8, 4) is 0 Å². The first-order chi connectivity index (χ1) is 8.33. The van der Waals surface area contributed by atoms with Gasteiger partial charge in [-0.1, -0.05) is 12.1 Å². The van der Waals surface area contributed by atoms with Crippen molar-refractivity contribution in [2.24, 2.45) is 0 Å². The third-order valence-electron chi connectivity index (χ3n) is 2.60. The number of fused-ring (bicyclic) bond motifs is 1. The smallest absolute Gasteiger partial charge is 0.179 e. The van der Waals surface area contributed by atoms with Gasteiger partial charge in [0.25, 0.3) is 0 Å². The van der Waals surface area contributed by atoms with Crippen LogP contribution in [0.25, 0.3) is 5.65 Å². The molecule has 0 unspecified atom stereocenters. The van der Waals surface area contributed by atoms with Gasteiger partial charge in [-0.25, -0.2) is 0 Å². The molecule has 0 fully saturated rings. The minimum Gasteiger partial charge on any atom is -0.399 e. The summed E-state index contributed by atoms with van der Waals surface area (Å²) in [7, 11) is 0. The van der Waals surface area contributed by atoms with Crippen LogP contribution in [0.4, 0.5) is 5.69 Å². The second-order valence-electron chi connectivity index (χ2n) is 3.84. The molecule has 0 aliphatic carbocycles. The lowest BCUT2D eigenvalue weighted by Crippen LogP contribution is -1.97. The molecular weight excluding hydrogens is 214 g/mol. The number of hydrogen-bond donors (Lipinski definition) is 1. The summed E-state index contributed by atoms with van der Waals surface area (Å²) in [6.07, 6.45) is 5.97. The van der Waals surface area contributed by atoms with Crippen LogP contribution in [0.5, 0.6) is 0 Å². The summed E-state index contributed by atoms with van der Waals surface area (Å²) in [6, 6.07) is 7.78. The fourth-order valence-electron chi connectivity index (χ4n) is 1.81. The summed E-state index contributed by atoms with van der Waals surface area (Å²) in [5.41, 5.74) is 8.39. The SMILES string of the molecule is Nc1cccc(Cc2nnc3cnccn23)c1. The van der Waals surface area contributed by atoms with E-state index < -0.39 is 0 Å². The van der Waals surface area contributed by atoms with Gasteiger partial charge >= 0.3 is 0 Å². The first-order valence-corrected chi connectivity index (χ1v) is 5.31. The highest BCUT2D eigenvalue weighted by Gasteiger charge is 2.05. The molecule has 0 aliphatic rings. The van der Waals surface area contributed by atoms with E-state index >= 15 is 0 Å². The number of anilines is 1. The fraction of sp³-hybridized carbons (Fsp3) is 0.0833. The standard InChI is InChI=1S/C12H11N5/c13-10-3-1-2-9(6-10)7-11-15-16-12-8-14-4-5-17(11)12/h1-6,8H,7,13H2. The monoisotopic (exact) mass is 225 g/mol. The Morgan fingerprint density at radius 2 is 2.18 bits per heavy atom. The lowest BCUT2D eigenvalue weighted by Gasteiger charge is -2.01. The molecule has 2 N–H and O–H groups in total. The van der Waals surface area contributed by atoms with E-state index in [9.17, 15) is 0 Å². The Bertz CT molecular complexity index is 659. The van der Waals surface area contributed by atoms with Crippen LogP contribution in [0, 0.1) is 0 Å². The van der Waals surface area contributed by atoms with Gasteiger partial charge in [-0.2, -0.15) is 0 Å². The Labute approximate surface area is 97.9 Å². The molecule has 5 nitrogen and oxygen atoms in total. The van der Waals surface area contributed by atoms with E-state index in [0.717, 1.165) is 22.7 Å². The van der Waals surface area contributed by atoms with E-state index in [0.29, 0.717) is 6.42 Å². The topological polar surface area (TPSA) is 69.1 Å². The molecule has 1 aromatic carbocycles. The van der Waals surface area contributed by atoms with Crippen LogP contribution >= 0.6 is 0 Å². The van der Waals surface area contributed by atoms with Crippen molar-refractivity contribution in [3.63, 3.8) is 0 Å². The van der Waals surface area contributed by atoms with Gasteiger partial charge in [0.2, 0.25) is 0 Å². The van der Waals surface area contributed by atoms with Gasteiger partial charge in [0.15, 0.2) is 5.65 Å². The molecule has 2 aromatic heterocycles. The third kappa shape index (κ3) is 1.82. The molecule has 2 heterocycles. The van der Waals surface area contributed by atoms with E-state index in [-0.39, 0.29) is 0 Å². The second kappa shape index (κ2) is 3.86. The van der Waals surface area contributed by atoms with Crippen molar-refractivity contribution >= 4 is 11.3 Å². The molecule has 3 rings (SSSR count). The third-order valence-corrected chi connectivity index (χ3v) is 2.60. The number of benzene rings is 1. The molecule has 17 heavy (non-hydrogen) atoms. The van der Waals surface area contributed by atoms with Crippen LogP contribution in [0.1, 0.15) is 11.4 Å². The van der Waals surface area contributed by atoms with E-state index in [1.807, 2.05) is 34.9 Å². The largest absolute Gasteiger partial charge is 0.399 e. The van der Waals surface area contributed by atoms with Gasteiger partial charge in [0, 0.05) is 24.5 Å². The Morgan fingerprint density at radius 3 is 3.06 bits per heavy atom. The van der Waals surface area contributed by atoms with Gasteiger partial charge in [-0.15, -0.1) is 10.2 Å². The minimum absolute atomic E-state index is 0.705. The van der Waals surface area contributed by atoms with Crippen molar-refractivity contribution in [2.75, 3.05) is 5.73 Å². The minimum atomic E-state index is 0.705. The first-order valence-electron chi connectivity index (χ1n) is 5.31. The summed E-state index contributed by atoms with van der Waals surface area (Å²) >= 11 is 0. The summed E-state index contributed by atoms with van der Waals surface area (Å²) in [5, 5.41) is 8.21. The Hall–Kier alpha value is -2.43. The lowest BCUT2D eigenvalue weighted by molar-refractivity contribution is 0.931. The van der Waals surface area contributed by atoms with Crippen molar-refractivity contribution in [1.82, 2.24) is 19.6 Å². The van der Waals surface area contributed by atoms with Crippen LogP contribution in [-0.4, -0.2) is 19.6 Å². The van der Waals surface area contributed by atoms with Crippen LogP contribution < -0.4 is 5.73 Å². The molecule has 0 amide bonds. The molecule has 0 aliphatic heterocycles. The predicted octanol–water partition coefficient (Wildman–Crippen LogP) is 1.30. The van der Waals surface area contributed by atoms with E-state index in [1.165, 1.54) is 0 Å². The zero-order chi connectivity index (χ0) is 11.7. The van der Waals surface area contributed by atoms with Gasteiger partial charge in [0.1, 0.15) is 5.82 Å². The van der Waals surface area contributed by atoms with Crippen molar-refractivity contribution in [2.45, 2.75) is 6.42 Å². The van der Waals surface area contributed by atoms with E-state index in [2.05, 4.69) is 15.2 Å². The number of hydrogen-bond acceptors (Lipinski definition) is 4. The normalized spacial score (nSPS) is 10.8. The number of aromatic nitrogens is 4. The Kier molecular flexibility index (Phi) is 2.22. The molecule has 0 saturated heterocycles. The quantitative estimate of drug-likeness (QED) is 0.667. The molecular formula is C12H11N5. The van der Waals surface area contributed by atoms with Crippen LogP contribution in [0.3, 0.4) is 0 Å². The average molecular weight is 225 g/mol. The summed E-state index contributed by atoms with van der Waals surface area (Å²) in [4.78, 5) is 4.00. The molecule has 84 valence electrons. The zero-order valence-corrected chi connectivity index (χ0v) is 9.11. The van der Waals surface area contributed by atoms with Gasteiger partial charge in [-0.3, -0.25) is 9.38 Å². The van der Waals surface area contributed by atoms with Crippen LogP contribution in [-0.2, 0) is 6.42 Å². The lowest BCUT2D eigenvalue weighted by atomic mass is 10.1. The van der Waals surface area contributed by atoms with E-state index in [4.69, 9.17) is 5.73 Å². The summed E-state index contributed by atoms with van der Waals surface area (Å²) in [5.74, 6) is 0.882. The zero-order valence-electron chi connectivity index (χ0n) is 9.11. The van der Waals surface area contributed by atoms with Crippen molar-refractivity contribution in [1.29, 1.82) is 0 Å². The van der Waals surface area contributed by atoms with Crippen molar-refractivity contribution in [3.05, 3.63) is 54.2 Å². The Balaban J connectivity index is 2.00. The first kappa shape index (κ1) is 9.77. The maximum Gasteiger partial charge on any atom is 0.179 e. The second-order valence-corrected chi connectivity index (χ2v) is 3.84. The molecule has 3 aromatic rings. The Morgan fingerprint density at radius 1 is 1.24 bits per heavy atom. The highest BCUT2D eigenvalue weighted by atomic mass is 15.2. The maximum absolute atomic E-state index is 5.75. The van der Waals surface area contributed by atoms with Crippen molar-refractivity contribution < 1.29 is 0 Å². The predicted molar refractivity (Wildman–Crippen MR) is 64.4 cm³/mol. The van der Waals surface area contributed by atoms with Crippen LogP contribution in [0.2, 0.25) is 0 Å². The number of nitrogen functional groups attached to an aromatic ring is 1. The molecule has 0 saturated carbocycles. The number of nitrogens with two attached hydrogens (primary N) is 1. The highest BCUT2D eigenvalue weighted by molar-refractivity contribution is 5.42. The maximum atomic E-state index is 5.75. The molecule has 0 spiro atoms. The molecule has 5 heteroatoms. The summed E-state index contributed by atoms with van der Waals surface area (Å²) < 4.78 is 1.93. The van der Waals surface area contributed by atoms with Gasteiger partial charge < -0.3 is 5.73 Å². The molecule has 0 bridgehead atoms. The average Bonchev–Trinajstić information content (AvgIpc) is 2.73. The summed E-state index contributed by atoms with van der Waals surface area (Å²) in [6.45, 7) is 0. The van der Waals surface area contributed by atoms with Crippen LogP contribution in [0.15, 0.2) is 42.9 Å². The number of nitrogens with zero attached hydrogens (tertiary/aromatic N) is 4. The highest BCUT2D eigenvalue weighted by Crippen LogP contribution is 2.11. The fourth-order valence-corrected chi connectivity index (χ4v) is 1.81. The van der Waals surface area contributed by atoms with E-state index in [1.54, 1.807) is 12.4 Å². The van der Waals surface area contributed by atoms with Gasteiger partial charge in [0.05, 0.1) is 6.20 Å². The number of rotatable bonds is 2. The molecule has 0 atom stereocenters. The molecule has 0 radical (unpaired) electrons.